The van der Waals surface area contributed by atoms with Crippen molar-refractivity contribution < 1.29 is 38.9 Å². The lowest BCUT2D eigenvalue weighted by Crippen LogP contribution is -2.70. The Morgan fingerprint density at radius 3 is 2.12 bits per heavy atom. The van der Waals surface area contributed by atoms with Crippen molar-refractivity contribution in [3.63, 3.8) is 0 Å². The lowest BCUT2D eigenvalue weighted by Gasteiger charge is -2.52. The van der Waals surface area contributed by atoms with Crippen molar-refractivity contribution in [2.45, 2.75) is 190 Å². The summed E-state index contributed by atoms with van der Waals surface area (Å²) in [7, 11) is 0. The molecule has 0 bridgehead atoms. The van der Waals surface area contributed by atoms with Crippen LogP contribution in [0.1, 0.15) is 166 Å². The molecule has 9 nitrogen and oxygen atoms in total. The molecular weight excluding hydrogens is 707 g/mol. The van der Waals surface area contributed by atoms with Crippen LogP contribution in [0.4, 0.5) is 0 Å². The van der Waals surface area contributed by atoms with Crippen molar-refractivity contribution in [2.75, 3.05) is 6.61 Å². The second-order valence-corrected chi connectivity index (χ2v) is 15.8. The van der Waals surface area contributed by atoms with Gasteiger partial charge in [0.2, 0.25) is 5.91 Å². The zero-order valence-electron chi connectivity index (χ0n) is 37.0. The fraction of sp³-hybridized carbons (Fsp3) is 0.723. The summed E-state index contributed by atoms with van der Waals surface area (Å²) in [6.45, 7) is 21.7. The number of esters is 1. The van der Waals surface area contributed by atoms with E-state index in [2.05, 4.69) is 26.0 Å². The van der Waals surface area contributed by atoms with E-state index in [1.54, 1.807) is 17.9 Å². The largest absolute Gasteiger partial charge is 0.464 e. The number of Topliss-reactive ketones (excluding diaryl/α,β-unsaturated/α-hetero) is 3. The molecule has 1 amide bonds. The summed E-state index contributed by atoms with van der Waals surface area (Å²) in [5, 5.41) is 19.9. The van der Waals surface area contributed by atoms with Gasteiger partial charge in [-0.2, -0.15) is 0 Å². The normalized spacial score (nSPS) is 21.1. The SMILES string of the molecule is CC.CC/C(C)=C/C=C/C=C/CCC(C)C(=O)CC(O)/C(C)=C/CC(C)=O.CCCC(O)CCC(C)COC(=O)C1CCCC2C(C(=O)C(C)CCC)C(=O)N12. The minimum atomic E-state index is -0.790. The Balaban J connectivity index is 0.00000105. The molecule has 2 saturated heterocycles. The third kappa shape index (κ3) is 19.8. The minimum absolute atomic E-state index is 0.0337. The van der Waals surface area contributed by atoms with E-state index in [0.717, 1.165) is 64.2 Å². The van der Waals surface area contributed by atoms with Gasteiger partial charge < -0.3 is 19.8 Å². The van der Waals surface area contributed by atoms with Crippen LogP contribution in [-0.2, 0) is 28.7 Å². The van der Waals surface area contributed by atoms with Crippen LogP contribution in [-0.4, -0.2) is 75.2 Å². The van der Waals surface area contributed by atoms with E-state index in [0.29, 0.717) is 31.4 Å². The van der Waals surface area contributed by atoms with Crippen molar-refractivity contribution in [1.82, 2.24) is 4.90 Å². The second kappa shape index (κ2) is 30.0. The quantitative estimate of drug-likeness (QED) is 0.0325. The number of β-lactam (4-membered cyclic amide) rings is 1. The van der Waals surface area contributed by atoms with Gasteiger partial charge in [0.15, 0.2) is 0 Å². The average Bonchev–Trinajstić information content (AvgIpc) is 3.18. The molecule has 9 heteroatoms. The smallest absolute Gasteiger partial charge is 0.328 e. The molecule has 0 aromatic heterocycles. The summed E-state index contributed by atoms with van der Waals surface area (Å²) in [5.74, 6) is -0.977. The number of aliphatic hydroxyl groups is 2. The Bertz CT molecular complexity index is 1310. The van der Waals surface area contributed by atoms with Gasteiger partial charge in [0.05, 0.1) is 24.9 Å². The van der Waals surface area contributed by atoms with Crippen molar-refractivity contribution in [3.8, 4) is 0 Å². The highest BCUT2D eigenvalue weighted by Crippen LogP contribution is 2.40. The third-order valence-corrected chi connectivity index (χ3v) is 10.7. The summed E-state index contributed by atoms with van der Waals surface area (Å²) in [6.07, 6.45) is 21.1. The first-order valence-corrected chi connectivity index (χ1v) is 21.7. The van der Waals surface area contributed by atoms with Crippen molar-refractivity contribution >= 4 is 29.2 Å². The number of carbonyl (C=O) groups excluding carboxylic acids is 5. The van der Waals surface area contributed by atoms with E-state index in [4.69, 9.17) is 4.74 Å². The molecule has 8 unspecified atom stereocenters. The number of allylic oxidation sites excluding steroid dienone is 7. The number of hydrogen-bond acceptors (Lipinski definition) is 8. The van der Waals surface area contributed by atoms with Gasteiger partial charge in [-0.1, -0.05) is 110 Å². The fourth-order valence-electron chi connectivity index (χ4n) is 6.78. The lowest BCUT2D eigenvalue weighted by atomic mass is 9.73. The first-order chi connectivity index (χ1) is 26.6. The molecule has 2 rings (SSSR count). The third-order valence-electron chi connectivity index (χ3n) is 10.7. The summed E-state index contributed by atoms with van der Waals surface area (Å²) in [4.78, 5) is 62.7. The molecule has 2 aliphatic heterocycles. The first kappa shape index (κ1) is 52.8. The highest BCUT2D eigenvalue weighted by Gasteiger charge is 2.57. The highest BCUT2D eigenvalue weighted by atomic mass is 16.5. The monoisotopic (exact) mass is 786 g/mol. The number of hydrogen-bond donors (Lipinski definition) is 2. The fourth-order valence-corrected chi connectivity index (χ4v) is 6.78. The molecule has 0 aliphatic carbocycles. The van der Waals surface area contributed by atoms with E-state index in [1.165, 1.54) is 12.5 Å². The van der Waals surface area contributed by atoms with Crippen LogP contribution in [0.2, 0.25) is 0 Å². The molecule has 2 N–H and O–H groups in total. The Morgan fingerprint density at radius 2 is 1.52 bits per heavy atom. The lowest BCUT2D eigenvalue weighted by molar-refractivity contribution is -0.180. The molecule has 0 spiro atoms. The average molecular weight is 786 g/mol. The van der Waals surface area contributed by atoms with Crippen LogP contribution >= 0.6 is 0 Å². The number of aliphatic hydroxyl groups excluding tert-OH is 2. The van der Waals surface area contributed by atoms with Crippen molar-refractivity contribution in [3.05, 3.63) is 47.6 Å². The van der Waals surface area contributed by atoms with Crippen LogP contribution in [0.3, 0.4) is 0 Å². The molecule has 2 heterocycles. The number of fused-ring (bicyclic) bond motifs is 1. The molecule has 2 aliphatic rings. The number of rotatable bonds is 24. The van der Waals surface area contributed by atoms with E-state index in [9.17, 15) is 34.2 Å². The maximum Gasteiger partial charge on any atom is 0.328 e. The molecule has 0 aromatic rings. The number of ether oxygens (including phenoxy) is 1. The Hall–Kier alpha value is -3.17. The van der Waals surface area contributed by atoms with Crippen LogP contribution in [0.25, 0.3) is 0 Å². The molecule has 0 aromatic carbocycles. The Labute approximate surface area is 340 Å². The molecule has 0 saturated carbocycles. The van der Waals surface area contributed by atoms with Crippen LogP contribution < -0.4 is 0 Å². The summed E-state index contributed by atoms with van der Waals surface area (Å²) < 4.78 is 5.52. The van der Waals surface area contributed by atoms with Gasteiger partial charge in [0.25, 0.3) is 0 Å². The second-order valence-electron chi connectivity index (χ2n) is 15.8. The first-order valence-electron chi connectivity index (χ1n) is 21.7. The van der Waals surface area contributed by atoms with Gasteiger partial charge >= 0.3 is 5.97 Å². The summed E-state index contributed by atoms with van der Waals surface area (Å²) >= 11 is 0. The van der Waals surface area contributed by atoms with E-state index < -0.39 is 18.1 Å². The van der Waals surface area contributed by atoms with Crippen LogP contribution in [0, 0.1) is 23.7 Å². The predicted molar refractivity (Wildman–Crippen MR) is 228 cm³/mol. The molecule has 56 heavy (non-hydrogen) atoms. The zero-order valence-corrected chi connectivity index (χ0v) is 37.0. The number of amides is 1. The predicted octanol–water partition coefficient (Wildman–Crippen LogP) is 9.63. The molecular formula is C47H79NO8. The van der Waals surface area contributed by atoms with E-state index >= 15 is 0 Å². The number of piperidine rings is 1. The summed E-state index contributed by atoms with van der Waals surface area (Å²) in [5.41, 5.74) is 2.03. The van der Waals surface area contributed by atoms with Gasteiger partial charge in [0, 0.05) is 24.7 Å². The number of ketones is 3. The highest BCUT2D eigenvalue weighted by molar-refractivity contribution is 6.08. The molecule has 2 fully saturated rings. The molecule has 8 atom stereocenters. The van der Waals surface area contributed by atoms with Crippen LogP contribution in [0.5, 0.6) is 0 Å². The summed E-state index contributed by atoms with van der Waals surface area (Å²) in [6, 6.07) is -0.688. The Morgan fingerprint density at radius 1 is 0.857 bits per heavy atom. The maximum absolute atomic E-state index is 12.7. The maximum atomic E-state index is 12.7. The van der Waals surface area contributed by atoms with Gasteiger partial charge in [0.1, 0.15) is 29.3 Å². The number of carbonyl (C=O) groups is 5. The topological polar surface area (TPSA) is 138 Å². The van der Waals surface area contributed by atoms with Crippen LogP contribution in [0.15, 0.2) is 47.6 Å². The van der Waals surface area contributed by atoms with Gasteiger partial charge in [-0.25, -0.2) is 4.79 Å². The van der Waals surface area contributed by atoms with E-state index in [-0.39, 0.29) is 65.5 Å². The van der Waals surface area contributed by atoms with Gasteiger partial charge in [-0.3, -0.25) is 19.2 Å². The Kier molecular flexibility index (Phi) is 28.3. The molecule has 320 valence electrons. The van der Waals surface area contributed by atoms with Gasteiger partial charge in [-0.15, -0.1) is 0 Å². The standard InChI is InChI=1S/C23H39NO5.C22H34O3.C2H6/c1-5-8-16(4)21(26)20-18-10-7-11-19(24(18)22(20)27)23(28)29-14-15(3)12-13-17(25)9-6-2;1-6-17(2)12-10-8-7-9-11-13-18(3)21(24)16-22(25)19(4)14-15-20(5)23;1-2/h15-20,25H,5-14H2,1-4H3;7-10,12,14,18,22,25H,6,11,13,15-16H2,1-5H3;1-2H3/b;9-7+,10-8+,17-12+,19-14+;. The number of nitrogens with zero attached hydrogens (tertiary/aromatic N) is 1. The zero-order chi connectivity index (χ0) is 42.8. The van der Waals surface area contributed by atoms with Crippen molar-refractivity contribution in [2.24, 2.45) is 23.7 Å². The minimum Gasteiger partial charge on any atom is -0.464 e. The van der Waals surface area contributed by atoms with Crippen molar-refractivity contribution in [1.29, 1.82) is 0 Å². The molecule has 0 radical (unpaired) electrons. The van der Waals surface area contributed by atoms with E-state index in [1.807, 2.05) is 66.7 Å². The van der Waals surface area contributed by atoms with Gasteiger partial charge in [-0.05, 0) is 96.5 Å².